The SMILES string of the molecule is CC1=C(/C=C\C2=CCC[C@@]3(C)C2CC[C@@H]3C(C)CCCC(C)(C)O)C[C@@H](O)CC1O. The summed E-state index contributed by atoms with van der Waals surface area (Å²) in [6.07, 6.45) is 15.2. The Morgan fingerprint density at radius 1 is 1.23 bits per heavy atom. The van der Waals surface area contributed by atoms with Gasteiger partial charge < -0.3 is 15.3 Å². The molecule has 0 aromatic rings. The molecule has 1 fully saturated rings. The van der Waals surface area contributed by atoms with Crippen LogP contribution < -0.4 is 0 Å². The van der Waals surface area contributed by atoms with Gasteiger partial charge in [-0.15, -0.1) is 0 Å². The van der Waals surface area contributed by atoms with E-state index >= 15 is 0 Å². The van der Waals surface area contributed by atoms with Gasteiger partial charge in [-0.2, -0.15) is 0 Å². The van der Waals surface area contributed by atoms with Crippen molar-refractivity contribution in [2.75, 3.05) is 0 Å². The van der Waals surface area contributed by atoms with Crippen molar-refractivity contribution in [2.45, 2.75) is 110 Å². The zero-order valence-corrected chi connectivity index (χ0v) is 19.8. The Bertz CT molecular complexity index is 695. The summed E-state index contributed by atoms with van der Waals surface area (Å²) in [4.78, 5) is 0. The van der Waals surface area contributed by atoms with E-state index in [4.69, 9.17) is 0 Å². The predicted octanol–water partition coefficient (Wildman–Crippen LogP) is 5.70. The van der Waals surface area contributed by atoms with Crippen LogP contribution in [0.1, 0.15) is 92.4 Å². The molecule has 0 spiro atoms. The van der Waals surface area contributed by atoms with Crippen molar-refractivity contribution >= 4 is 0 Å². The zero-order valence-electron chi connectivity index (χ0n) is 19.8. The average Bonchev–Trinajstić information content (AvgIpc) is 3.00. The maximum absolute atomic E-state index is 10.2. The molecule has 170 valence electrons. The van der Waals surface area contributed by atoms with Crippen LogP contribution in [-0.4, -0.2) is 33.1 Å². The minimum absolute atomic E-state index is 0.359. The van der Waals surface area contributed by atoms with Crippen LogP contribution in [0.3, 0.4) is 0 Å². The first-order chi connectivity index (χ1) is 14.0. The molecule has 0 heterocycles. The summed E-state index contributed by atoms with van der Waals surface area (Å²) >= 11 is 0. The number of hydrogen-bond acceptors (Lipinski definition) is 3. The predicted molar refractivity (Wildman–Crippen MR) is 124 cm³/mol. The normalized spacial score (nSPS) is 36.2. The van der Waals surface area contributed by atoms with Crippen LogP contribution >= 0.6 is 0 Å². The van der Waals surface area contributed by atoms with Crippen LogP contribution in [0.25, 0.3) is 0 Å². The maximum atomic E-state index is 10.2. The molecule has 3 rings (SSSR count). The summed E-state index contributed by atoms with van der Waals surface area (Å²) in [6, 6.07) is 0. The van der Waals surface area contributed by atoms with E-state index in [1.807, 2.05) is 20.8 Å². The van der Waals surface area contributed by atoms with Crippen molar-refractivity contribution in [3.8, 4) is 0 Å². The third kappa shape index (κ3) is 5.29. The molecule has 0 saturated heterocycles. The van der Waals surface area contributed by atoms with Crippen molar-refractivity contribution < 1.29 is 15.3 Å². The van der Waals surface area contributed by atoms with Gasteiger partial charge >= 0.3 is 0 Å². The van der Waals surface area contributed by atoms with Crippen LogP contribution in [0.5, 0.6) is 0 Å². The highest BCUT2D eigenvalue weighted by Crippen LogP contribution is 2.58. The highest BCUT2D eigenvalue weighted by atomic mass is 16.3. The van der Waals surface area contributed by atoms with Gasteiger partial charge in [0.05, 0.1) is 17.8 Å². The van der Waals surface area contributed by atoms with Gasteiger partial charge in [0.2, 0.25) is 0 Å². The van der Waals surface area contributed by atoms with E-state index in [0.717, 1.165) is 36.3 Å². The molecule has 0 radical (unpaired) electrons. The lowest BCUT2D eigenvalue weighted by Gasteiger charge is -2.43. The van der Waals surface area contributed by atoms with Crippen molar-refractivity contribution in [1.29, 1.82) is 0 Å². The molecule has 3 aliphatic rings. The molecule has 6 atom stereocenters. The molecular formula is C27H44O3. The minimum atomic E-state index is -0.555. The summed E-state index contributed by atoms with van der Waals surface area (Å²) in [5, 5.41) is 30.3. The van der Waals surface area contributed by atoms with Crippen LogP contribution in [0.4, 0.5) is 0 Å². The lowest BCUT2D eigenvalue weighted by molar-refractivity contribution is 0.0613. The van der Waals surface area contributed by atoms with Crippen molar-refractivity contribution in [3.05, 3.63) is 34.9 Å². The van der Waals surface area contributed by atoms with Gasteiger partial charge in [0, 0.05) is 6.42 Å². The Labute approximate surface area is 184 Å². The Balaban J connectivity index is 1.68. The second kappa shape index (κ2) is 9.30. The fourth-order valence-corrected chi connectivity index (χ4v) is 6.58. The van der Waals surface area contributed by atoms with Gasteiger partial charge in [-0.05, 0) is 99.2 Å². The number of allylic oxidation sites excluding steroid dienone is 4. The monoisotopic (exact) mass is 416 g/mol. The first kappa shape index (κ1) is 23.8. The standard InChI is InChI=1S/C27H44O3/c1-18(8-6-14-26(3,4)30)23-12-13-24-20(9-7-15-27(23,24)5)10-11-21-16-22(28)17-25(29)19(21)2/h9-11,18,22-25,28-30H,6-8,12-17H2,1-5H3/b11-10-/t18?,22-,23-,24?,25?,27-/m1/s1. The van der Waals surface area contributed by atoms with Gasteiger partial charge in [0.25, 0.3) is 0 Å². The van der Waals surface area contributed by atoms with Crippen LogP contribution in [0.15, 0.2) is 34.9 Å². The van der Waals surface area contributed by atoms with Gasteiger partial charge in [0.1, 0.15) is 0 Å². The van der Waals surface area contributed by atoms with E-state index in [9.17, 15) is 15.3 Å². The summed E-state index contributed by atoms with van der Waals surface area (Å²) in [5.74, 6) is 2.06. The van der Waals surface area contributed by atoms with E-state index in [1.165, 1.54) is 31.3 Å². The third-order valence-corrected chi connectivity index (χ3v) is 8.44. The number of fused-ring (bicyclic) bond motifs is 1. The molecule has 0 aromatic carbocycles. The summed E-state index contributed by atoms with van der Waals surface area (Å²) in [6.45, 7) is 10.8. The Morgan fingerprint density at radius 2 is 1.97 bits per heavy atom. The van der Waals surface area contributed by atoms with E-state index in [0.29, 0.717) is 30.1 Å². The van der Waals surface area contributed by atoms with Gasteiger partial charge in [0.15, 0.2) is 0 Å². The molecule has 0 amide bonds. The molecule has 0 aliphatic heterocycles. The molecule has 0 aromatic heterocycles. The quantitative estimate of drug-likeness (QED) is 0.498. The van der Waals surface area contributed by atoms with E-state index < -0.39 is 17.8 Å². The molecule has 3 aliphatic carbocycles. The smallest absolute Gasteiger partial charge is 0.0777 e. The van der Waals surface area contributed by atoms with Crippen molar-refractivity contribution in [1.82, 2.24) is 0 Å². The maximum Gasteiger partial charge on any atom is 0.0777 e. The molecule has 3 nitrogen and oxygen atoms in total. The number of aliphatic hydroxyl groups excluding tert-OH is 2. The van der Waals surface area contributed by atoms with E-state index in [2.05, 4.69) is 32.1 Å². The topological polar surface area (TPSA) is 60.7 Å². The Hall–Kier alpha value is -0.900. The molecule has 3 N–H and O–H groups in total. The summed E-state index contributed by atoms with van der Waals surface area (Å²) < 4.78 is 0. The third-order valence-electron chi connectivity index (χ3n) is 8.44. The molecule has 3 heteroatoms. The summed E-state index contributed by atoms with van der Waals surface area (Å²) in [7, 11) is 0. The van der Waals surface area contributed by atoms with Crippen LogP contribution in [0, 0.1) is 23.2 Å². The van der Waals surface area contributed by atoms with Crippen LogP contribution in [0.2, 0.25) is 0 Å². The van der Waals surface area contributed by atoms with Gasteiger partial charge in [-0.25, -0.2) is 0 Å². The largest absolute Gasteiger partial charge is 0.393 e. The van der Waals surface area contributed by atoms with Crippen molar-refractivity contribution in [2.24, 2.45) is 23.2 Å². The number of aliphatic hydroxyl groups is 3. The first-order valence-electron chi connectivity index (χ1n) is 12.2. The Kier molecular flexibility index (Phi) is 7.37. The highest BCUT2D eigenvalue weighted by molar-refractivity contribution is 5.37. The highest BCUT2D eigenvalue weighted by Gasteiger charge is 2.49. The van der Waals surface area contributed by atoms with Gasteiger partial charge in [-0.1, -0.05) is 44.9 Å². The molecule has 30 heavy (non-hydrogen) atoms. The van der Waals surface area contributed by atoms with Gasteiger partial charge in [-0.3, -0.25) is 0 Å². The minimum Gasteiger partial charge on any atom is -0.393 e. The zero-order chi connectivity index (χ0) is 22.1. The van der Waals surface area contributed by atoms with E-state index in [-0.39, 0.29) is 0 Å². The fraction of sp³-hybridized carbons (Fsp3) is 0.778. The molecular weight excluding hydrogens is 372 g/mol. The van der Waals surface area contributed by atoms with Crippen molar-refractivity contribution in [3.63, 3.8) is 0 Å². The average molecular weight is 417 g/mol. The Morgan fingerprint density at radius 3 is 2.67 bits per heavy atom. The lowest BCUT2D eigenvalue weighted by atomic mass is 9.62. The molecule has 1 saturated carbocycles. The first-order valence-corrected chi connectivity index (χ1v) is 12.2. The lowest BCUT2D eigenvalue weighted by Crippen LogP contribution is -2.35. The number of hydrogen-bond donors (Lipinski definition) is 3. The second-order valence-electron chi connectivity index (χ2n) is 11.3. The molecule has 0 bridgehead atoms. The fourth-order valence-electron chi connectivity index (χ4n) is 6.58. The second-order valence-corrected chi connectivity index (χ2v) is 11.3. The summed E-state index contributed by atoms with van der Waals surface area (Å²) in [5.41, 5.74) is 3.38. The van der Waals surface area contributed by atoms with E-state index in [1.54, 1.807) is 0 Å². The molecule has 3 unspecified atom stereocenters. The number of rotatable bonds is 7. The van der Waals surface area contributed by atoms with Crippen LogP contribution in [-0.2, 0) is 0 Å².